The number of aromatic nitrogens is 4. The second kappa shape index (κ2) is 18.0. The maximum atomic E-state index is 6.95. The second-order valence-corrected chi connectivity index (χ2v) is 22.9. The lowest BCUT2D eigenvalue weighted by Crippen LogP contribution is -2.42. The third-order valence-corrected chi connectivity index (χ3v) is 18.4. The number of nitrogens with zero attached hydrogens (tertiary/aromatic N) is 5. The van der Waals surface area contributed by atoms with Crippen molar-refractivity contribution in [3.05, 3.63) is 213 Å². The predicted octanol–water partition coefficient (Wildman–Crippen LogP) is 14.7. The van der Waals surface area contributed by atoms with E-state index < -0.39 is 0 Å². The number of fused-ring (bicyclic) bond motifs is 14. The van der Waals surface area contributed by atoms with Gasteiger partial charge in [0.2, 0.25) is 0 Å². The van der Waals surface area contributed by atoms with E-state index >= 15 is 0 Å². The van der Waals surface area contributed by atoms with Crippen molar-refractivity contribution >= 4 is 40.5 Å². The van der Waals surface area contributed by atoms with E-state index in [0.717, 1.165) is 96.3 Å². The van der Waals surface area contributed by atoms with E-state index in [1.165, 1.54) is 80.1 Å². The minimum absolute atomic E-state index is 0.0451. The highest BCUT2D eigenvalue weighted by atomic mass is 16.5. The Kier molecular flexibility index (Phi) is 10.6. The number of hydrogen-bond acceptors (Lipinski definition) is 6. The number of benzene rings is 5. The van der Waals surface area contributed by atoms with Crippen LogP contribution < -0.4 is 20.2 Å². The van der Waals surface area contributed by atoms with Gasteiger partial charge in [-0.1, -0.05) is 134 Å². The quantitative estimate of drug-likeness (QED) is 0.148. The zero-order valence-corrected chi connectivity index (χ0v) is 43.6. The Bertz CT molecular complexity index is 4020. The second-order valence-electron chi connectivity index (χ2n) is 22.9. The maximum Gasteiger partial charge on any atom is 0.164 e. The largest absolute Gasteiger partial charge is 0.489 e. The molecular weight excluding hydrogens is 943 g/mol. The Morgan fingerprint density at radius 1 is 0.662 bits per heavy atom. The molecule has 7 heteroatoms. The van der Waals surface area contributed by atoms with E-state index in [2.05, 4.69) is 192 Å². The molecule has 6 aliphatic carbocycles. The molecule has 77 heavy (non-hydrogen) atoms. The SMILES string of the molecule is CC1C=c2c(c3c(n2-c2ccccc2)CCC2Oc4ccc(-c5ccc(C6C=Cc7oc8ccc9c(c8c7C6)C6CC=CCC6N9C6C=CCCC6)c(-c6nc(C7=CCCC=C7)nc(-c7ccccc7)n6)c5)cc4C32)=CC1. The number of allylic oxidation sites excluding steroid dienone is 7. The molecular formula is C70H61N5O2. The summed E-state index contributed by atoms with van der Waals surface area (Å²) in [6.45, 7) is 2.34. The van der Waals surface area contributed by atoms with Crippen LogP contribution in [0.3, 0.4) is 0 Å². The summed E-state index contributed by atoms with van der Waals surface area (Å²) < 4.78 is 16.4. The van der Waals surface area contributed by atoms with Crippen molar-refractivity contribution in [2.24, 2.45) is 5.92 Å². The van der Waals surface area contributed by atoms with Crippen molar-refractivity contribution in [2.75, 3.05) is 4.90 Å². The average Bonchev–Trinajstić information content (AvgIpc) is 4.45. The zero-order valence-electron chi connectivity index (χ0n) is 43.6. The molecule has 8 aliphatic rings. The third kappa shape index (κ3) is 7.32. The fourth-order valence-electron chi connectivity index (χ4n) is 14.9. The molecule has 378 valence electrons. The number of ether oxygens (including phenoxy) is 1. The Morgan fingerprint density at radius 2 is 1.51 bits per heavy atom. The molecule has 0 spiro atoms. The lowest BCUT2D eigenvalue weighted by atomic mass is 9.79. The molecule has 2 aliphatic heterocycles. The number of hydrogen-bond donors (Lipinski definition) is 0. The van der Waals surface area contributed by atoms with Crippen molar-refractivity contribution in [1.82, 2.24) is 19.5 Å². The summed E-state index contributed by atoms with van der Waals surface area (Å²) in [5, 5.41) is 4.06. The van der Waals surface area contributed by atoms with Crippen LogP contribution in [0, 0.1) is 5.92 Å². The third-order valence-electron chi connectivity index (χ3n) is 18.4. The summed E-state index contributed by atoms with van der Waals surface area (Å²) in [7, 11) is 0. The molecule has 0 amide bonds. The molecule has 7 atom stereocenters. The van der Waals surface area contributed by atoms with Crippen LogP contribution in [0.4, 0.5) is 5.69 Å². The summed E-state index contributed by atoms with van der Waals surface area (Å²) in [5.74, 6) is 5.15. The van der Waals surface area contributed by atoms with Crippen molar-refractivity contribution in [2.45, 2.75) is 113 Å². The highest BCUT2D eigenvalue weighted by Gasteiger charge is 2.45. The van der Waals surface area contributed by atoms with Crippen LogP contribution in [-0.2, 0) is 12.8 Å². The molecule has 7 nitrogen and oxygen atoms in total. The number of furan rings is 1. The van der Waals surface area contributed by atoms with Crippen LogP contribution in [0.15, 0.2) is 162 Å². The van der Waals surface area contributed by atoms with Crippen LogP contribution in [-0.4, -0.2) is 37.7 Å². The summed E-state index contributed by atoms with van der Waals surface area (Å²) in [6, 6.07) is 40.9. The van der Waals surface area contributed by atoms with Crippen LogP contribution in [0.1, 0.15) is 128 Å². The lowest BCUT2D eigenvalue weighted by Gasteiger charge is -2.37. The maximum absolute atomic E-state index is 6.95. The Labute approximate surface area is 450 Å². The minimum Gasteiger partial charge on any atom is -0.489 e. The number of para-hydroxylation sites is 1. The molecule has 0 N–H and O–H groups in total. The van der Waals surface area contributed by atoms with Gasteiger partial charge < -0.3 is 18.6 Å². The smallest absolute Gasteiger partial charge is 0.164 e. The number of anilines is 1. The van der Waals surface area contributed by atoms with Crippen molar-refractivity contribution in [3.8, 4) is 45.3 Å². The molecule has 5 aromatic carbocycles. The fraction of sp³-hybridized carbons (Fsp3) is 0.271. The molecule has 0 saturated carbocycles. The molecule has 16 rings (SSSR count). The van der Waals surface area contributed by atoms with Gasteiger partial charge >= 0.3 is 0 Å². The van der Waals surface area contributed by atoms with Crippen LogP contribution in [0.2, 0.25) is 0 Å². The highest BCUT2D eigenvalue weighted by molar-refractivity contribution is 5.95. The Morgan fingerprint density at radius 3 is 2.38 bits per heavy atom. The van der Waals surface area contributed by atoms with Gasteiger partial charge in [0.05, 0.1) is 5.92 Å². The number of rotatable bonds is 7. The Hall–Kier alpha value is -8.03. The molecule has 0 fully saturated rings. The van der Waals surface area contributed by atoms with Gasteiger partial charge in [0.1, 0.15) is 23.2 Å². The lowest BCUT2D eigenvalue weighted by molar-refractivity contribution is 0.197. The molecule has 0 bridgehead atoms. The van der Waals surface area contributed by atoms with E-state index in [0.29, 0.717) is 41.4 Å². The summed E-state index contributed by atoms with van der Waals surface area (Å²) >= 11 is 0. The first-order valence-corrected chi connectivity index (χ1v) is 28.6. The summed E-state index contributed by atoms with van der Waals surface area (Å²) in [4.78, 5) is 18.9. The van der Waals surface area contributed by atoms with E-state index in [1.807, 2.05) is 0 Å². The van der Waals surface area contributed by atoms with Crippen molar-refractivity contribution in [3.63, 3.8) is 0 Å². The van der Waals surface area contributed by atoms with E-state index in [4.69, 9.17) is 24.1 Å². The normalized spacial score (nSPS) is 24.1. The first-order chi connectivity index (χ1) is 38.1. The van der Waals surface area contributed by atoms with Crippen LogP contribution in [0.5, 0.6) is 5.75 Å². The topological polar surface area (TPSA) is 69.2 Å². The highest BCUT2D eigenvalue weighted by Crippen LogP contribution is 2.54. The van der Waals surface area contributed by atoms with E-state index in [1.54, 1.807) is 0 Å². The molecule has 5 heterocycles. The van der Waals surface area contributed by atoms with Gasteiger partial charge in [0.15, 0.2) is 17.5 Å². The van der Waals surface area contributed by atoms with Gasteiger partial charge in [-0.25, -0.2) is 15.0 Å². The predicted molar refractivity (Wildman–Crippen MR) is 311 cm³/mol. The fourth-order valence-corrected chi connectivity index (χ4v) is 14.9. The molecule has 7 unspecified atom stereocenters. The van der Waals surface area contributed by atoms with E-state index in [9.17, 15) is 0 Å². The molecule has 0 saturated heterocycles. The van der Waals surface area contributed by atoms with Gasteiger partial charge in [-0.2, -0.15) is 0 Å². The van der Waals surface area contributed by atoms with Gasteiger partial charge in [0.25, 0.3) is 0 Å². The van der Waals surface area contributed by atoms with Crippen molar-refractivity contribution < 1.29 is 9.15 Å². The molecule has 0 radical (unpaired) electrons. The minimum atomic E-state index is 0.0451. The van der Waals surface area contributed by atoms with Crippen LogP contribution >= 0.6 is 0 Å². The van der Waals surface area contributed by atoms with Gasteiger partial charge in [-0.05, 0) is 158 Å². The first-order valence-electron chi connectivity index (χ1n) is 28.6. The summed E-state index contributed by atoms with van der Waals surface area (Å²) in [6.07, 6.45) is 37.7. The molecule has 3 aromatic heterocycles. The first kappa shape index (κ1) is 45.2. The standard InChI is InChI=1S/C70H61N5O2/c1-42-26-30-52-59(38-42)75(49-22-12-5-13-23-49)58-33-37-62-66(65(52)58)54-40-46(28-34-60(54)76-62)45-27-31-50(53(39-45)70-72-68(43-16-6-2-7-17-43)71-69(73-70)44-18-8-3-9-19-44)47-29-35-61-55(41-47)67-63(77-61)36-32-57-64(67)51-24-14-15-25-56(51)74(57)48-20-10-4-11-21-48/h2,5-8,10,12-20,22-23,27-32,34-36,38-40,42,47-48,51,56,62,66H,3-4,9,11,21,24-26,33,37,41H2,1H3. The van der Waals surface area contributed by atoms with Gasteiger partial charge in [-0.15, -0.1) is 0 Å². The van der Waals surface area contributed by atoms with Crippen molar-refractivity contribution in [1.29, 1.82) is 0 Å². The van der Waals surface area contributed by atoms with Gasteiger partial charge in [-0.3, -0.25) is 0 Å². The molecule has 8 aromatic rings. The monoisotopic (exact) mass is 1000 g/mol. The average molecular weight is 1000 g/mol. The van der Waals surface area contributed by atoms with E-state index in [-0.39, 0.29) is 17.9 Å². The Balaban J connectivity index is 0.849. The zero-order chi connectivity index (χ0) is 50.7. The van der Waals surface area contributed by atoms with Gasteiger partial charge in [0, 0.05) is 79.6 Å². The van der Waals surface area contributed by atoms with Crippen LogP contribution in [0.25, 0.3) is 74.4 Å². The summed E-state index contributed by atoms with van der Waals surface area (Å²) in [5.41, 5.74) is 17.1.